The molecule has 1 atom stereocenters. The van der Waals surface area contributed by atoms with Crippen molar-refractivity contribution in [2.24, 2.45) is 5.41 Å². The highest BCUT2D eigenvalue weighted by Gasteiger charge is 2.46. The van der Waals surface area contributed by atoms with Gasteiger partial charge in [-0.3, -0.25) is 9.80 Å². The van der Waals surface area contributed by atoms with Crippen molar-refractivity contribution in [1.82, 2.24) is 19.9 Å². The Hall–Kier alpha value is -1.99. The molecule has 3 heterocycles. The number of piperidine rings is 1. The van der Waals surface area contributed by atoms with Crippen molar-refractivity contribution in [2.75, 3.05) is 33.8 Å². The smallest absolute Gasteiger partial charge is 0.229 e. The zero-order valence-electron chi connectivity index (χ0n) is 17.8. The van der Waals surface area contributed by atoms with Crippen LogP contribution < -0.4 is 4.74 Å². The lowest BCUT2D eigenvalue weighted by Gasteiger charge is -2.39. The first-order valence-electron chi connectivity index (χ1n) is 10.5. The van der Waals surface area contributed by atoms with Gasteiger partial charge in [0.05, 0.1) is 13.2 Å². The predicted octanol–water partition coefficient (Wildman–Crippen LogP) is 4.00. The summed E-state index contributed by atoms with van der Waals surface area (Å²) in [6, 6.07) is 5.35. The van der Waals surface area contributed by atoms with E-state index in [1.165, 1.54) is 6.07 Å². The Morgan fingerprint density at radius 2 is 2.07 bits per heavy atom. The molecule has 0 amide bonds. The summed E-state index contributed by atoms with van der Waals surface area (Å²) in [4.78, 5) is 9.36. The average Bonchev–Trinajstić information content (AvgIpc) is 3.30. The summed E-state index contributed by atoms with van der Waals surface area (Å²) >= 11 is 0. The maximum atomic E-state index is 14.3. The largest absolute Gasteiger partial charge is 0.497 e. The highest BCUT2D eigenvalue weighted by Crippen LogP contribution is 2.48. The second-order valence-corrected chi connectivity index (χ2v) is 9.01. The van der Waals surface area contributed by atoms with Crippen LogP contribution >= 0.6 is 0 Å². The minimum atomic E-state index is -0.191. The number of nitrogens with zero attached hydrogens (tertiary/aromatic N) is 4. The van der Waals surface area contributed by atoms with Crippen LogP contribution in [-0.2, 0) is 6.54 Å². The van der Waals surface area contributed by atoms with Crippen LogP contribution in [-0.4, -0.2) is 53.7 Å². The zero-order chi connectivity index (χ0) is 20.6. The number of aromatic nitrogens is 2. The summed E-state index contributed by atoms with van der Waals surface area (Å²) in [6.45, 7) is 7.80. The number of hydrogen-bond acceptors (Lipinski definition) is 6. The molecule has 1 aromatic carbocycles. The van der Waals surface area contributed by atoms with E-state index in [0.717, 1.165) is 50.3 Å². The number of benzene rings is 1. The first kappa shape index (κ1) is 20.3. The molecule has 2 aliphatic rings. The van der Waals surface area contributed by atoms with Crippen LogP contribution in [0.5, 0.6) is 5.75 Å². The Labute approximate surface area is 172 Å². The molecule has 0 radical (unpaired) electrons. The summed E-state index contributed by atoms with van der Waals surface area (Å²) in [5.74, 6) is 2.15. The number of rotatable bonds is 5. The van der Waals surface area contributed by atoms with Crippen LogP contribution in [0.15, 0.2) is 22.7 Å². The third-order valence-electron chi connectivity index (χ3n) is 6.56. The molecule has 158 valence electrons. The van der Waals surface area contributed by atoms with Crippen molar-refractivity contribution in [3.8, 4) is 5.75 Å². The third kappa shape index (κ3) is 4.16. The molecule has 0 bridgehead atoms. The molecule has 0 saturated carbocycles. The van der Waals surface area contributed by atoms with E-state index in [1.54, 1.807) is 7.11 Å². The van der Waals surface area contributed by atoms with Crippen LogP contribution in [0.1, 0.15) is 62.3 Å². The lowest BCUT2D eigenvalue weighted by Crippen LogP contribution is -2.41. The molecule has 29 heavy (non-hydrogen) atoms. The highest BCUT2D eigenvalue weighted by atomic mass is 19.1. The Balaban J connectivity index is 1.37. The molecule has 1 spiro atoms. The van der Waals surface area contributed by atoms with Gasteiger partial charge in [0.15, 0.2) is 5.82 Å². The Kier molecular flexibility index (Phi) is 5.62. The summed E-state index contributed by atoms with van der Waals surface area (Å²) in [5.41, 5.74) is 1.02. The predicted molar refractivity (Wildman–Crippen MR) is 108 cm³/mol. The summed E-state index contributed by atoms with van der Waals surface area (Å²) in [7, 11) is 3.71. The third-order valence-corrected chi connectivity index (χ3v) is 6.56. The topological polar surface area (TPSA) is 54.6 Å². The summed E-state index contributed by atoms with van der Waals surface area (Å²) < 4.78 is 24.8. The minimum absolute atomic E-state index is 0.191. The van der Waals surface area contributed by atoms with Crippen LogP contribution in [0.4, 0.5) is 4.39 Å². The number of hydrogen-bond donors (Lipinski definition) is 0. The summed E-state index contributed by atoms with van der Waals surface area (Å²) in [5, 5.41) is 4.25. The van der Waals surface area contributed by atoms with Crippen molar-refractivity contribution in [3.63, 3.8) is 0 Å². The van der Waals surface area contributed by atoms with Crippen LogP contribution in [0.2, 0.25) is 0 Å². The normalized spacial score (nSPS) is 22.6. The van der Waals surface area contributed by atoms with Gasteiger partial charge >= 0.3 is 0 Å². The molecular weight excluding hydrogens is 371 g/mol. The molecule has 6 nitrogen and oxygen atoms in total. The molecule has 1 unspecified atom stereocenters. The van der Waals surface area contributed by atoms with E-state index in [4.69, 9.17) is 9.26 Å². The van der Waals surface area contributed by atoms with E-state index in [9.17, 15) is 4.39 Å². The van der Waals surface area contributed by atoms with Gasteiger partial charge in [0.2, 0.25) is 5.89 Å². The molecule has 2 aliphatic heterocycles. The van der Waals surface area contributed by atoms with Gasteiger partial charge in [0, 0.05) is 30.6 Å². The second kappa shape index (κ2) is 8.03. The lowest BCUT2D eigenvalue weighted by atomic mass is 9.76. The Morgan fingerprint density at radius 3 is 2.69 bits per heavy atom. The molecular formula is C22H31FN4O2. The molecule has 2 aromatic rings. The van der Waals surface area contributed by atoms with Crippen LogP contribution in [0.25, 0.3) is 0 Å². The molecule has 0 N–H and O–H groups in total. The Bertz CT molecular complexity index is 845. The minimum Gasteiger partial charge on any atom is -0.497 e. The number of halogens is 1. The monoisotopic (exact) mass is 402 g/mol. The van der Waals surface area contributed by atoms with E-state index in [0.29, 0.717) is 18.2 Å². The molecule has 4 rings (SSSR count). The molecule has 1 aromatic heterocycles. The van der Waals surface area contributed by atoms with E-state index >= 15 is 0 Å². The van der Waals surface area contributed by atoms with Gasteiger partial charge in [-0.25, -0.2) is 4.39 Å². The maximum Gasteiger partial charge on any atom is 0.229 e. The lowest BCUT2D eigenvalue weighted by molar-refractivity contribution is 0.105. The number of ether oxygens (including phenoxy) is 1. The van der Waals surface area contributed by atoms with Crippen molar-refractivity contribution in [3.05, 3.63) is 41.3 Å². The van der Waals surface area contributed by atoms with Crippen molar-refractivity contribution in [1.29, 1.82) is 0 Å². The van der Waals surface area contributed by atoms with Gasteiger partial charge in [0.25, 0.3) is 0 Å². The fraction of sp³-hybridized carbons (Fsp3) is 0.636. The highest BCUT2D eigenvalue weighted by molar-refractivity contribution is 5.28. The standard InChI is InChI=1S/C22H31FN4O2/c1-15(2)21-24-20(25-29-21)19-12-22(14-26(19)3)7-9-27(10-8-22)13-16-5-6-17(28-4)11-18(16)23/h5-6,11,15,19H,7-10,12-14H2,1-4H3. The fourth-order valence-corrected chi connectivity index (χ4v) is 4.75. The number of methoxy groups -OCH3 is 1. The number of likely N-dealkylation sites (tertiary alicyclic amines) is 2. The maximum absolute atomic E-state index is 14.3. The van der Waals surface area contributed by atoms with Gasteiger partial charge in [-0.05, 0) is 50.9 Å². The summed E-state index contributed by atoms with van der Waals surface area (Å²) in [6.07, 6.45) is 3.28. The molecule has 2 fully saturated rings. The first-order chi connectivity index (χ1) is 13.9. The van der Waals surface area contributed by atoms with Crippen molar-refractivity contribution < 1.29 is 13.7 Å². The average molecular weight is 403 g/mol. The van der Waals surface area contributed by atoms with Gasteiger partial charge < -0.3 is 9.26 Å². The van der Waals surface area contributed by atoms with Gasteiger partial charge in [0.1, 0.15) is 11.6 Å². The van der Waals surface area contributed by atoms with Gasteiger partial charge in [-0.1, -0.05) is 25.1 Å². The van der Waals surface area contributed by atoms with Crippen molar-refractivity contribution >= 4 is 0 Å². The molecule has 0 aliphatic carbocycles. The van der Waals surface area contributed by atoms with Crippen LogP contribution in [0, 0.1) is 11.2 Å². The molecule has 2 saturated heterocycles. The quantitative estimate of drug-likeness (QED) is 0.754. The van der Waals surface area contributed by atoms with Gasteiger partial charge in [-0.15, -0.1) is 0 Å². The van der Waals surface area contributed by atoms with E-state index in [2.05, 4.69) is 40.8 Å². The second-order valence-electron chi connectivity index (χ2n) is 9.01. The SMILES string of the molecule is COc1ccc(CN2CCC3(CC2)CC(c2noc(C(C)C)n2)N(C)C3)c(F)c1. The molecule has 7 heteroatoms. The van der Waals surface area contributed by atoms with E-state index in [-0.39, 0.29) is 23.2 Å². The fourth-order valence-electron chi connectivity index (χ4n) is 4.75. The van der Waals surface area contributed by atoms with Crippen molar-refractivity contribution in [2.45, 2.75) is 51.6 Å². The van der Waals surface area contributed by atoms with Gasteiger partial charge in [-0.2, -0.15) is 4.98 Å². The first-order valence-corrected chi connectivity index (χ1v) is 10.5. The van der Waals surface area contributed by atoms with E-state index < -0.39 is 0 Å². The Morgan fingerprint density at radius 1 is 1.31 bits per heavy atom. The van der Waals surface area contributed by atoms with E-state index in [1.807, 2.05) is 12.1 Å². The van der Waals surface area contributed by atoms with Crippen LogP contribution in [0.3, 0.4) is 0 Å². The zero-order valence-corrected chi connectivity index (χ0v) is 17.8.